The monoisotopic (exact) mass is 164 g/mol. The molecule has 0 aromatic rings. The molecule has 0 amide bonds. The lowest BCUT2D eigenvalue weighted by molar-refractivity contribution is 0.759. The lowest BCUT2D eigenvalue weighted by atomic mass is 10.3. The van der Waals surface area contributed by atoms with Crippen LogP contribution in [-0.2, 0) is 0 Å². The van der Waals surface area contributed by atoms with Crippen molar-refractivity contribution in [1.82, 2.24) is 0 Å². The van der Waals surface area contributed by atoms with Gasteiger partial charge >= 0.3 is 0 Å². The maximum absolute atomic E-state index is 5.59. The first-order valence-electron chi connectivity index (χ1n) is 3.05. The van der Waals surface area contributed by atoms with E-state index in [0.717, 1.165) is 17.4 Å². The van der Waals surface area contributed by atoms with Crippen LogP contribution in [0.3, 0.4) is 0 Å². The topological polar surface area (TPSA) is 0 Å². The molecule has 0 saturated carbocycles. The molecule has 2 heteroatoms. The van der Waals surface area contributed by atoms with E-state index in [2.05, 4.69) is 13.5 Å². The van der Waals surface area contributed by atoms with Crippen LogP contribution in [0.4, 0.5) is 0 Å². The Balaban J connectivity index is 2.96. The maximum Gasteiger partial charge on any atom is 0.0257 e. The standard InChI is InChI=1S/C7H13ClS/c1-3-4-9-6-7(2)5-8/h3,7H,1,4-6H2,2H3. The second-order valence-corrected chi connectivity index (χ2v) is 3.47. The minimum absolute atomic E-state index is 0.636. The molecule has 0 spiro atoms. The van der Waals surface area contributed by atoms with Gasteiger partial charge in [0.2, 0.25) is 0 Å². The molecule has 0 aromatic heterocycles. The van der Waals surface area contributed by atoms with Crippen molar-refractivity contribution in [3.8, 4) is 0 Å². The van der Waals surface area contributed by atoms with Crippen LogP contribution in [0.1, 0.15) is 6.92 Å². The van der Waals surface area contributed by atoms with E-state index >= 15 is 0 Å². The van der Waals surface area contributed by atoms with Crippen LogP contribution < -0.4 is 0 Å². The molecular weight excluding hydrogens is 152 g/mol. The van der Waals surface area contributed by atoms with Gasteiger partial charge in [-0.1, -0.05) is 13.0 Å². The highest BCUT2D eigenvalue weighted by molar-refractivity contribution is 7.99. The summed E-state index contributed by atoms with van der Waals surface area (Å²) in [7, 11) is 0. The molecule has 0 saturated heterocycles. The highest BCUT2D eigenvalue weighted by Gasteiger charge is 1.96. The van der Waals surface area contributed by atoms with Gasteiger partial charge in [0.05, 0.1) is 0 Å². The second-order valence-electron chi connectivity index (χ2n) is 2.09. The molecule has 0 nitrogen and oxygen atoms in total. The highest BCUT2D eigenvalue weighted by atomic mass is 35.5. The van der Waals surface area contributed by atoms with E-state index in [1.54, 1.807) is 0 Å². The molecular formula is C7H13ClS. The van der Waals surface area contributed by atoms with Crippen molar-refractivity contribution in [2.45, 2.75) is 6.92 Å². The van der Waals surface area contributed by atoms with Gasteiger partial charge in [-0.3, -0.25) is 0 Å². The number of halogens is 1. The van der Waals surface area contributed by atoms with Crippen LogP contribution in [0.25, 0.3) is 0 Å². The Morgan fingerprint density at radius 2 is 2.44 bits per heavy atom. The van der Waals surface area contributed by atoms with Crippen LogP contribution in [0.5, 0.6) is 0 Å². The van der Waals surface area contributed by atoms with Crippen LogP contribution in [-0.4, -0.2) is 17.4 Å². The molecule has 0 aliphatic heterocycles. The summed E-state index contributed by atoms with van der Waals surface area (Å²) in [6, 6.07) is 0. The number of rotatable bonds is 5. The zero-order valence-electron chi connectivity index (χ0n) is 5.77. The van der Waals surface area contributed by atoms with Crippen LogP contribution in [0.2, 0.25) is 0 Å². The third-order valence-corrected chi connectivity index (χ3v) is 2.70. The third kappa shape index (κ3) is 6.26. The summed E-state index contributed by atoms with van der Waals surface area (Å²) in [5, 5.41) is 0. The number of thioether (sulfide) groups is 1. The summed E-state index contributed by atoms with van der Waals surface area (Å²) in [5.41, 5.74) is 0. The Hall–Kier alpha value is 0.380. The van der Waals surface area contributed by atoms with E-state index in [1.165, 1.54) is 0 Å². The first-order valence-corrected chi connectivity index (χ1v) is 4.74. The van der Waals surface area contributed by atoms with Crippen molar-refractivity contribution in [3.63, 3.8) is 0 Å². The van der Waals surface area contributed by atoms with Crippen molar-refractivity contribution >= 4 is 23.4 Å². The summed E-state index contributed by atoms with van der Waals surface area (Å²) in [6.07, 6.45) is 1.92. The van der Waals surface area contributed by atoms with Gasteiger partial charge < -0.3 is 0 Å². The van der Waals surface area contributed by atoms with Gasteiger partial charge in [-0.25, -0.2) is 0 Å². The van der Waals surface area contributed by atoms with Crippen LogP contribution >= 0.6 is 23.4 Å². The molecule has 54 valence electrons. The van der Waals surface area contributed by atoms with E-state index in [-0.39, 0.29) is 0 Å². The molecule has 1 unspecified atom stereocenters. The van der Waals surface area contributed by atoms with Crippen LogP contribution in [0.15, 0.2) is 12.7 Å². The second kappa shape index (κ2) is 6.50. The molecule has 9 heavy (non-hydrogen) atoms. The van der Waals surface area contributed by atoms with E-state index in [4.69, 9.17) is 11.6 Å². The van der Waals surface area contributed by atoms with E-state index in [0.29, 0.717) is 5.92 Å². The zero-order chi connectivity index (χ0) is 7.11. The summed E-state index contributed by atoms with van der Waals surface area (Å²) >= 11 is 7.48. The fraction of sp³-hybridized carbons (Fsp3) is 0.714. The van der Waals surface area contributed by atoms with Gasteiger partial charge in [-0.05, 0) is 11.7 Å². The fourth-order valence-electron chi connectivity index (χ4n) is 0.397. The Morgan fingerprint density at radius 3 is 2.89 bits per heavy atom. The lowest BCUT2D eigenvalue weighted by Crippen LogP contribution is -1.99. The molecule has 0 aliphatic carbocycles. The smallest absolute Gasteiger partial charge is 0.0257 e. The molecule has 0 bridgehead atoms. The van der Waals surface area contributed by atoms with Crippen molar-refractivity contribution in [2.75, 3.05) is 17.4 Å². The summed E-state index contributed by atoms with van der Waals surface area (Å²) in [5.74, 6) is 3.59. The zero-order valence-corrected chi connectivity index (χ0v) is 7.34. The minimum Gasteiger partial charge on any atom is -0.158 e. The Labute approximate surface area is 66.7 Å². The molecule has 0 aliphatic rings. The first kappa shape index (κ1) is 9.38. The van der Waals surface area contributed by atoms with Gasteiger partial charge in [0, 0.05) is 11.6 Å². The van der Waals surface area contributed by atoms with Gasteiger partial charge in [0.1, 0.15) is 0 Å². The van der Waals surface area contributed by atoms with Crippen molar-refractivity contribution < 1.29 is 0 Å². The first-order chi connectivity index (χ1) is 4.31. The van der Waals surface area contributed by atoms with Gasteiger partial charge in [-0.2, -0.15) is 11.8 Å². The Kier molecular flexibility index (Phi) is 6.77. The van der Waals surface area contributed by atoms with Gasteiger partial charge in [0.15, 0.2) is 0 Å². The normalized spacial score (nSPS) is 13.1. The van der Waals surface area contributed by atoms with E-state index in [9.17, 15) is 0 Å². The van der Waals surface area contributed by atoms with E-state index < -0.39 is 0 Å². The SMILES string of the molecule is C=CCSCC(C)CCl. The maximum atomic E-state index is 5.59. The molecule has 0 radical (unpaired) electrons. The number of hydrogen-bond acceptors (Lipinski definition) is 1. The number of hydrogen-bond donors (Lipinski definition) is 0. The van der Waals surface area contributed by atoms with Gasteiger partial charge in [-0.15, -0.1) is 18.2 Å². The van der Waals surface area contributed by atoms with Crippen molar-refractivity contribution in [1.29, 1.82) is 0 Å². The summed E-state index contributed by atoms with van der Waals surface area (Å²) in [6.45, 7) is 5.79. The fourth-order valence-corrected chi connectivity index (χ4v) is 1.46. The largest absolute Gasteiger partial charge is 0.158 e. The molecule has 0 rings (SSSR count). The lowest BCUT2D eigenvalue weighted by Gasteiger charge is -2.03. The average molecular weight is 165 g/mol. The third-order valence-electron chi connectivity index (χ3n) is 0.901. The predicted octanol–water partition coefficient (Wildman–Crippen LogP) is 2.78. The molecule has 0 aromatic carbocycles. The summed E-state index contributed by atoms with van der Waals surface area (Å²) in [4.78, 5) is 0. The molecule has 0 fully saturated rings. The van der Waals surface area contributed by atoms with Crippen LogP contribution in [0, 0.1) is 5.92 Å². The predicted molar refractivity (Wildman–Crippen MR) is 47.4 cm³/mol. The number of alkyl halides is 1. The highest BCUT2D eigenvalue weighted by Crippen LogP contribution is 2.08. The van der Waals surface area contributed by atoms with Crippen molar-refractivity contribution in [2.24, 2.45) is 5.92 Å². The molecule has 0 N–H and O–H groups in total. The van der Waals surface area contributed by atoms with Crippen molar-refractivity contribution in [3.05, 3.63) is 12.7 Å². The van der Waals surface area contributed by atoms with Gasteiger partial charge in [0.25, 0.3) is 0 Å². The average Bonchev–Trinajstić information content (AvgIpc) is 1.89. The van der Waals surface area contributed by atoms with E-state index in [1.807, 2.05) is 17.8 Å². The quantitative estimate of drug-likeness (QED) is 0.342. The summed E-state index contributed by atoms with van der Waals surface area (Å²) < 4.78 is 0. The Bertz CT molecular complexity index is 73.3. The molecule has 0 heterocycles. The molecule has 1 atom stereocenters. The Morgan fingerprint density at radius 1 is 1.78 bits per heavy atom. The minimum atomic E-state index is 0.636.